The minimum absolute atomic E-state index is 0.0234. The zero-order chi connectivity index (χ0) is 11.5. The van der Waals surface area contributed by atoms with E-state index in [4.69, 9.17) is 13.7 Å². The summed E-state index contributed by atoms with van der Waals surface area (Å²) in [7, 11) is 0. The van der Waals surface area contributed by atoms with E-state index in [0.717, 1.165) is 12.0 Å². The lowest BCUT2D eigenvalue weighted by molar-refractivity contribution is -0.154. The first-order chi connectivity index (χ1) is 7.00. The number of hydrogen-bond donors (Lipinski definition) is 0. The second-order valence-corrected chi connectivity index (χ2v) is 4.22. The normalized spacial score (nSPS) is 29.0. The minimum Gasteiger partial charge on any atom is -0.340 e. The monoisotopic (exact) mass is 232 g/mol. The summed E-state index contributed by atoms with van der Waals surface area (Å²) in [6, 6.07) is 0. The van der Waals surface area contributed by atoms with Crippen LogP contribution in [0.4, 0.5) is 0 Å². The highest BCUT2D eigenvalue weighted by Crippen LogP contribution is 2.29. The molecular weight excluding hydrogens is 216 g/mol. The maximum absolute atomic E-state index is 11.7. The van der Waals surface area contributed by atoms with E-state index < -0.39 is 18.0 Å². The third-order valence-electron chi connectivity index (χ3n) is 2.00. The third-order valence-corrected chi connectivity index (χ3v) is 2.35. The van der Waals surface area contributed by atoms with Crippen molar-refractivity contribution >= 4 is 17.8 Å². The molecule has 1 aliphatic heterocycles. The van der Waals surface area contributed by atoms with E-state index in [1.54, 1.807) is 26.2 Å². The number of carbonyl (C=O) groups is 1. The summed E-state index contributed by atoms with van der Waals surface area (Å²) >= 11 is 1.15. The molecule has 0 aliphatic carbocycles. The molecule has 0 aromatic rings. The van der Waals surface area contributed by atoms with Gasteiger partial charge in [0.2, 0.25) is 0 Å². The fourth-order valence-electron chi connectivity index (χ4n) is 1.41. The van der Waals surface area contributed by atoms with Crippen molar-refractivity contribution in [2.24, 2.45) is 0 Å². The standard InChI is InChI=1S/C10H16O4S/c1-5-8-9(7(11)6-12-15-4)14-10(2,3)13-8/h5,8-9H,1,6H2,2-4H3/t8-,9+/m0/s1. The minimum atomic E-state index is -0.738. The van der Waals surface area contributed by atoms with E-state index >= 15 is 0 Å². The van der Waals surface area contributed by atoms with Gasteiger partial charge < -0.3 is 13.7 Å². The molecule has 0 bridgehead atoms. The summed E-state index contributed by atoms with van der Waals surface area (Å²) in [6.07, 6.45) is 2.34. The Hall–Kier alpha value is -0.360. The summed E-state index contributed by atoms with van der Waals surface area (Å²) in [6.45, 7) is 7.18. The third kappa shape index (κ3) is 3.31. The maximum atomic E-state index is 11.7. The molecule has 0 radical (unpaired) electrons. The van der Waals surface area contributed by atoms with Crippen LogP contribution < -0.4 is 0 Å². The van der Waals surface area contributed by atoms with Crippen LogP contribution in [0.5, 0.6) is 0 Å². The van der Waals surface area contributed by atoms with Gasteiger partial charge in [-0.2, -0.15) is 0 Å². The van der Waals surface area contributed by atoms with E-state index in [2.05, 4.69) is 6.58 Å². The van der Waals surface area contributed by atoms with Gasteiger partial charge in [-0.15, -0.1) is 6.58 Å². The number of Topliss-reactive ketones (excluding diaryl/α,β-unsaturated/α-hetero) is 1. The van der Waals surface area contributed by atoms with Gasteiger partial charge in [0.1, 0.15) is 12.7 Å². The first kappa shape index (κ1) is 12.7. The van der Waals surface area contributed by atoms with Crippen molar-refractivity contribution in [1.82, 2.24) is 0 Å². The van der Waals surface area contributed by atoms with E-state index in [-0.39, 0.29) is 12.4 Å². The Morgan fingerprint density at radius 1 is 1.60 bits per heavy atom. The number of ether oxygens (including phenoxy) is 2. The number of hydrogen-bond acceptors (Lipinski definition) is 5. The first-order valence-electron chi connectivity index (χ1n) is 4.66. The van der Waals surface area contributed by atoms with E-state index in [9.17, 15) is 4.79 Å². The SMILES string of the molecule is C=C[C@@H]1OC(C)(C)O[C@@H]1C(=O)COSC. The highest BCUT2D eigenvalue weighted by Gasteiger charge is 2.43. The lowest BCUT2D eigenvalue weighted by Crippen LogP contribution is -2.32. The van der Waals surface area contributed by atoms with Crippen molar-refractivity contribution in [2.75, 3.05) is 12.9 Å². The highest BCUT2D eigenvalue weighted by atomic mass is 32.2. The fraction of sp³-hybridized carbons (Fsp3) is 0.700. The molecule has 1 fully saturated rings. The average Bonchev–Trinajstić information content (AvgIpc) is 2.50. The fourth-order valence-corrected chi connectivity index (χ4v) is 1.64. The van der Waals surface area contributed by atoms with Gasteiger partial charge in [-0.05, 0) is 25.9 Å². The molecule has 1 rings (SSSR count). The molecule has 0 amide bonds. The van der Waals surface area contributed by atoms with Gasteiger partial charge in [0, 0.05) is 6.26 Å². The Labute approximate surface area is 94.2 Å². The maximum Gasteiger partial charge on any atom is 0.191 e. The van der Waals surface area contributed by atoms with Crippen molar-refractivity contribution in [3.63, 3.8) is 0 Å². The molecule has 1 heterocycles. The molecule has 1 aliphatic rings. The predicted molar refractivity (Wildman–Crippen MR) is 58.5 cm³/mol. The van der Waals surface area contributed by atoms with Crippen molar-refractivity contribution in [1.29, 1.82) is 0 Å². The second kappa shape index (κ2) is 5.12. The predicted octanol–water partition coefficient (Wildman–Crippen LogP) is 1.56. The molecule has 0 N–H and O–H groups in total. The molecule has 0 unspecified atom stereocenters. The molecule has 5 heteroatoms. The van der Waals surface area contributed by atoms with Gasteiger partial charge in [-0.3, -0.25) is 4.79 Å². The zero-order valence-corrected chi connectivity index (χ0v) is 10.0. The topological polar surface area (TPSA) is 44.8 Å². The molecule has 4 nitrogen and oxygen atoms in total. The molecule has 86 valence electrons. The van der Waals surface area contributed by atoms with Crippen molar-refractivity contribution in [3.05, 3.63) is 12.7 Å². The number of ketones is 1. The van der Waals surface area contributed by atoms with E-state index in [1.165, 1.54) is 0 Å². The molecular formula is C10H16O4S. The lowest BCUT2D eigenvalue weighted by Gasteiger charge is -2.16. The van der Waals surface area contributed by atoms with Gasteiger partial charge >= 0.3 is 0 Å². The first-order valence-corrected chi connectivity index (χ1v) is 5.81. The van der Waals surface area contributed by atoms with Crippen molar-refractivity contribution in [2.45, 2.75) is 31.8 Å². The summed E-state index contributed by atoms with van der Waals surface area (Å²) in [5.74, 6) is -0.863. The Balaban J connectivity index is 2.60. The molecule has 0 saturated carbocycles. The quantitative estimate of drug-likeness (QED) is 0.531. The van der Waals surface area contributed by atoms with Crippen LogP contribution in [0.25, 0.3) is 0 Å². The summed E-state index contributed by atoms with van der Waals surface area (Å²) in [4.78, 5) is 11.7. The largest absolute Gasteiger partial charge is 0.340 e. The van der Waals surface area contributed by atoms with Crippen molar-refractivity contribution in [3.8, 4) is 0 Å². The molecule has 15 heavy (non-hydrogen) atoms. The Morgan fingerprint density at radius 3 is 2.80 bits per heavy atom. The summed E-state index contributed by atoms with van der Waals surface area (Å²) < 4.78 is 15.9. The molecule has 2 atom stereocenters. The highest BCUT2D eigenvalue weighted by molar-refractivity contribution is 7.93. The van der Waals surface area contributed by atoms with Crippen LogP contribution in [0.1, 0.15) is 13.8 Å². The van der Waals surface area contributed by atoms with Crippen LogP contribution in [0.15, 0.2) is 12.7 Å². The molecule has 0 spiro atoms. The smallest absolute Gasteiger partial charge is 0.191 e. The lowest BCUT2D eigenvalue weighted by atomic mass is 10.1. The number of rotatable bonds is 5. The average molecular weight is 232 g/mol. The van der Waals surface area contributed by atoms with Crippen LogP contribution >= 0.6 is 12.0 Å². The zero-order valence-electron chi connectivity index (χ0n) is 9.19. The van der Waals surface area contributed by atoms with Gasteiger partial charge in [-0.25, -0.2) is 0 Å². The van der Waals surface area contributed by atoms with Crippen LogP contribution in [-0.2, 0) is 18.5 Å². The Kier molecular flexibility index (Phi) is 4.33. The van der Waals surface area contributed by atoms with Crippen LogP contribution in [-0.4, -0.2) is 36.6 Å². The van der Waals surface area contributed by atoms with Crippen LogP contribution in [0, 0.1) is 0 Å². The Bertz CT molecular complexity index is 252. The van der Waals surface area contributed by atoms with Crippen LogP contribution in [0.3, 0.4) is 0 Å². The van der Waals surface area contributed by atoms with Gasteiger partial charge in [-0.1, -0.05) is 6.08 Å². The molecule has 0 aromatic carbocycles. The van der Waals surface area contributed by atoms with E-state index in [1.807, 2.05) is 0 Å². The van der Waals surface area contributed by atoms with Crippen LogP contribution in [0.2, 0.25) is 0 Å². The number of carbonyl (C=O) groups excluding carboxylic acids is 1. The van der Waals surface area contributed by atoms with Gasteiger partial charge in [0.25, 0.3) is 0 Å². The summed E-state index contributed by atoms with van der Waals surface area (Å²) in [5, 5.41) is 0. The summed E-state index contributed by atoms with van der Waals surface area (Å²) in [5.41, 5.74) is 0. The van der Waals surface area contributed by atoms with Gasteiger partial charge in [0.15, 0.2) is 17.7 Å². The van der Waals surface area contributed by atoms with E-state index in [0.29, 0.717) is 0 Å². The van der Waals surface area contributed by atoms with Gasteiger partial charge in [0.05, 0.1) is 0 Å². The second-order valence-electron chi connectivity index (χ2n) is 3.65. The molecule has 1 saturated heterocycles. The molecule has 0 aromatic heterocycles. The Morgan fingerprint density at radius 2 is 2.27 bits per heavy atom. The van der Waals surface area contributed by atoms with Crippen molar-refractivity contribution < 1.29 is 18.5 Å².